The first-order valence-corrected chi connectivity index (χ1v) is 12.8. The maximum atomic E-state index is 13.5. The number of hydrogen-bond acceptors (Lipinski definition) is 5. The number of nitrogens with zero attached hydrogens (tertiary/aromatic N) is 5. The highest BCUT2D eigenvalue weighted by Crippen LogP contribution is 2.44. The first kappa shape index (κ1) is 22.6. The van der Waals surface area contributed by atoms with Gasteiger partial charge in [-0.1, -0.05) is 72.4 Å². The monoisotopic (exact) mass is 471 g/mol. The second kappa shape index (κ2) is 9.97. The van der Waals surface area contributed by atoms with Gasteiger partial charge in [0.1, 0.15) is 6.33 Å². The lowest BCUT2D eigenvalue weighted by Gasteiger charge is -2.29. The predicted molar refractivity (Wildman–Crippen MR) is 136 cm³/mol. The zero-order chi connectivity index (χ0) is 23.5. The lowest BCUT2D eigenvalue weighted by Crippen LogP contribution is -2.32. The highest BCUT2D eigenvalue weighted by Gasteiger charge is 2.43. The molecule has 7 heteroatoms. The van der Waals surface area contributed by atoms with E-state index in [1.165, 1.54) is 22.9 Å². The smallest absolute Gasteiger partial charge is 0.253 e. The number of amides is 1. The van der Waals surface area contributed by atoms with E-state index in [2.05, 4.69) is 66.5 Å². The van der Waals surface area contributed by atoms with Crippen molar-refractivity contribution in [3.05, 3.63) is 83.7 Å². The van der Waals surface area contributed by atoms with E-state index in [-0.39, 0.29) is 29.7 Å². The van der Waals surface area contributed by atoms with E-state index in [9.17, 15) is 4.79 Å². The van der Waals surface area contributed by atoms with Crippen molar-refractivity contribution in [2.45, 2.75) is 50.4 Å². The summed E-state index contributed by atoms with van der Waals surface area (Å²) >= 11 is 1.43. The average molecular weight is 472 g/mol. The van der Waals surface area contributed by atoms with Gasteiger partial charge in [-0.15, -0.1) is 10.2 Å². The van der Waals surface area contributed by atoms with Crippen molar-refractivity contribution in [1.82, 2.24) is 19.8 Å². The summed E-state index contributed by atoms with van der Waals surface area (Å²) in [4.78, 5) is 13.5. The summed E-state index contributed by atoms with van der Waals surface area (Å²) in [6.07, 6.45) is 7.07. The minimum absolute atomic E-state index is 0.00174. The van der Waals surface area contributed by atoms with Gasteiger partial charge in [-0.25, -0.2) is 5.01 Å². The number of carbonyl (C=O) groups excluding carboxylic acids is 1. The Labute approximate surface area is 204 Å². The average Bonchev–Trinajstić information content (AvgIpc) is 3.49. The summed E-state index contributed by atoms with van der Waals surface area (Å²) < 4.78 is 1.99. The molecule has 1 aliphatic heterocycles. The summed E-state index contributed by atoms with van der Waals surface area (Å²) in [7, 11) is 0. The molecule has 1 fully saturated rings. The van der Waals surface area contributed by atoms with E-state index in [4.69, 9.17) is 5.10 Å². The molecule has 6 nitrogen and oxygen atoms in total. The van der Waals surface area contributed by atoms with Crippen LogP contribution in [0.5, 0.6) is 0 Å². The van der Waals surface area contributed by atoms with Gasteiger partial charge in [0.15, 0.2) is 5.16 Å². The third-order valence-corrected chi connectivity index (χ3v) is 7.40. The zero-order valence-electron chi connectivity index (χ0n) is 19.5. The quantitative estimate of drug-likeness (QED) is 0.428. The van der Waals surface area contributed by atoms with Crippen LogP contribution in [0.4, 0.5) is 0 Å². The van der Waals surface area contributed by atoms with Gasteiger partial charge in [0.05, 0.1) is 17.5 Å². The Bertz CT molecular complexity index is 1200. The third kappa shape index (κ3) is 4.57. The molecule has 1 aromatic heterocycles. The van der Waals surface area contributed by atoms with E-state index in [0.717, 1.165) is 35.7 Å². The lowest BCUT2D eigenvalue weighted by molar-refractivity contribution is -0.130. The Morgan fingerprint density at radius 3 is 2.59 bits per heavy atom. The van der Waals surface area contributed by atoms with Crippen LogP contribution in [0, 0.1) is 5.92 Å². The van der Waals surface area contributed by atoms with Gasteiger partial charge < -0.3 is 4.57 Å². The number of rotatable bonds is 6. The molecular formula is C27H29N5OS. The molecule has 2 aromatic carbocycles. The van der Waals surface area contributed by atoms with Gasteiger partial charge >= 0.3 is 0 Å². The zero-order valence-corrected chi connectivity index (χ0v) is 20.4. The number of benzene rings is 2. The van der Waals surface area contributed by atoms with Gasteiger partial charge in [0.2, 0.25) is 0 Å². The number of carbonyl (C=O) groups is 1. The van der Waals surface area contributed by atoms with Crippen molar-refractivity contribution in [3.8, 4) is 0 Å². The second-order valence-electron chi connectivity index (χ2n) is 9.06. The third-order valence-electron chi connectivity index (χ3n) is 6.46. The molecule has 1 aliphatic carbocycles. The summed E-state index contributed by atoms with van der Waals surface area (Å²) in [6.45, 7) is 4.16. The molecule has 2 atom stereocenters. The molecule has 2 unspecified atom stereocenters. The van der Waals surface area contributed by atoms with Crippen LogP contribution in [0.25, 0.3) is 6.08 Å². The summed E-state index contributed by atoms with van der Waals surface area (Å²) in [5.41, 5.74) is 4.61. The van der Waals surface area contributed by atoms with Gasteiger partial charge in [0.25, 0.3) is 5.91 Å². The molecule has 0 N–H and O–H groups in total. The van der Waals surface area contributed by atoms with Crippen LogP contribution in [0.2, 0.25) is 0 Å². The van der Waals surface area contributed by atoms with E-state index >= 15 is 0 Å². The normalized spacial score (nSPS) is 21.1. The molecule has 2 heterocycles. The standard InChI is InChI=1S/C27H29N5OS/c1-19(2)31-18-28-29-27(31)34-17-24(33)32-26(21-12-7-4-8-13-21)23-15-9-14-22(25(23)30-32)16-20-10-5-3-6-11-20/h3-8,10-13,16,18-19,23,26H,9,14-15,17H2,1-2H3/b22-16+. The van der Waals surface area contributed by atoms with Crippen LogP contribution in [-0.2, 0) is 4.79 Å². The number of hydrazone groups is 1. The second-order valence-corrected chi connectivity index (χ2v) is 10.0. The van der Waals surface area contributed by atoms with Gasteiger partial charge in [-0.3, -0.25) is 4.79 Å². The Morgan fingerprint density at radius 2 is 1.85 bits per heavy atom. The molecule has 0 spiro atoms. The van der Waals surface area contributed by atoms with Crippen molar-refractivity contribution in [2.24, 2.45) is 11.0 Å². The maximum Gasteiger partial charge on any atom is 0.253 e. The minimum atomic E-state index is -0.0771. The first-order chi connectivity index (χ1) is 16.6. The van der Waals surface area contributed by atoms with Crippen LogP contribution in [0.3, 0.4) is 0 Å². The molecule has 1 saturated carbocycles. The molecule has 1 amide bonds. The van der Waals surface area contributed by atoms with Crippen LogP contribution >= 0.6 is 11.8 Å². The fourth-order valence-electron chi connectivity index (χ4n) is 4.82. The predicted octanol–water partition coefficient (Wildman–Crippen LogP) is 5.77. The van der Waals surface area contributed by atoms with Crippen LogP contribution in [0.15, 0.2) is 82.8 Å². The van der Waals surface area contributed by atoms with Gasteiger partial charge in [0, 0.05) is 12.0 Å². The Hall–Kier alpha value is -3.19. The molecule has 0 saturated heterocycles. The number of hydrogen-bond donors (Lipinski definition) is 0. The Kier molecular flexibility index (Phi) is 6.63. The van der Waals surface area contributed by atoms with Crippen molar-refractivity contribution >= 4 is 29.5 Å². The van der Waals surface area contributed by atoms with Crippen molar-refractivity contribution in [2.75, 3.05) is 5.75 Å². The van der Waals surface area contributed by atoms with Crippen LogP contribution in [-0.4, -0.2) is 37.1 Å². The molecule has 0 radical (unpaired) electrons. The van der Waals surface area contributed by atoms with Gasteiger partial charge in [-0.2, -0.15) is 5.10 Å². The maximum absolute atomic E-state index is 13.5. The van der Waals surface area contributed by atoms with Gasteiger partial charge in [-0.05, 0) is 55.9 Å². The molecule has 2 aliphatic rings. The van der Waals surface area contributed by atoms with Crippen molar-refractivity contribution < 1.29 is 4.79 Å². The van der Waals surface area contributed by atoms with Crippen LogP contribution < -0.4 is 0 Å². The highest BCUT2D eigenvalue weighted by molar-refractivity contribution is 7.99. The SMILES string of the molecule is CC(C)n1cnnc1SCC(=O)N1N=C2/C(=C/c3ccccc3)CCCC2C1c1ccccc1. The number of allylic oxidation sites excluding steroid dienone is 1. The van der Waals surface area contributed by atoms with Crippen molar-refractivity contribution in [1.29, 1.82) is 0 Å². The van der Waals surface area contributed by atoms with E-state index in [1.54, 1.807) is 11.3 Å². The minimum Gasteiger partial charge on any atom is -0.306 e. The lowest BCUT2D eigenvalue weighted by atomic mass is 9.77. The molecule has 34 heavy (non-hydrogen) atoms. The number of thioether (sulfide) groups is 1. The topological polar surface area (TPSA) is 63.4 Å². The Morgan fingerprint density at radius 1 is 1.12 bits per heavy atom. The number of fused-ring (bicyclic) bond motifs is 1. The molecule has 0 bridgehead atoms. The molecule has 174 valence electrons. The molecule has 5 rings (SSSR count). The Balaban J connectivity index is 1.45. The van der Waals surface area contributed by atoms with E-state index in [0.29, 0.717) is 0 Å². The fraction of sp³-hybridized carbons (Fsp3) is 0.333. The first-order valence-electron chi connectivity index (χ1n) is 11.9. The molecular weight excluding hydrogens is 442 g/mol. The molecule has 3 aromatic rings. The highest BCUT2D eigenvalue weighted by atomic mass is 32.2. The largest absolute Gasteiger partial charge is 0.306 e. The number of aromatic nitrogens is 3. The summed E-state index contributed by atoms with van der Waals surface area (Å²) in [6, 6.07) is 20.9. The summed E-state index contributed by atoms with van der Waals surface area (Å²) in [5.74, 6) is 0.480. The summed E-state index contributed by atoms with van der Waals surface area (Å²) in [5, 5.41) is 15.7. The van der Waals surface area contributed by atoms with E-state index < -0.39 is 0 Å². The van der Waals surface area contributed by atoms with Crippen LogP contribution in [0.1, 0.15) is 56.3 Å². The fourth-order valence-corrected chi connectivity index (χ4v) is 5.72. The van der Waals surface area contributed by atoms with Crippen molar-refractivity contribution in [3.63, 3.8) is 0 Å². The van der Waals surface area contributed by atoms with E-state index in [1.807, 2.05) is 28.8 Å².